The van der Waals surface area contributed by atoms with Gasteiger partial charge in [0, 0.05) is 24.2 Å². The number of carbonyl (C=O) groups excluding carboxylic acids is 2. The molecule has 0 saturated carbocycles. The van der Waals surface area contributed by atoms with Crippen LogP contribution in [0, 0.1) is 0 Å². The van der Waals surface area contributed by atoms with E-state index in [1.807, 2.05) is 13.8 Å². The molecule has 0 aliphatic heterocycles. The topological polar surface area (TPSA) is 88.6 Å². The average molecular weight is 289 g/mol. The predicted octanol–water partition coefficient (Wildman–Crippen LogP) is 1.61. The lowest BCUT2D eigenvalue weighted by Gasteiger charge is -2.18. The number of amides is 2. The van der Waals surface area contributed by atoms with Crippen molar-refractivity contribution in [2.24, 2.45) is 0 Å². The Morgan fingerprint density at radius 3 is 2.71 bits per heavy atom. The van der Waals surface area contributed by atoms with Crippen molar-refractivity contribution in [3.05, 3.63) is 30.0 Å². The Labute approximate surface area is 122 Å². The van der Waals surface area contributed by atoms with Gasteiger partial charge in [-0.3, -0.25) is 9.59 Å². The Morgan fingerprint density at radius 1 is 1.29 bits per heavy atom. The summed E-state index contributed by atoms with van der Waals surface area (Å²) in [5.41, 5.74) is 6.91. The highest BCUT2D eigenvalue weighted by Crippen LogP contribution is 2.22. The molecule has 2 amide bonds. The maximum atomic E-state index is 12.4. The van der Waals surface area contributed by atoms with Gasteiger partial charge in [-0.15, -0.1) is 0 Å². The van der Waals surface area contributed by atoms with Crippen molar-refractivity contribution in [2.45, 2.75) is 13.8 Å². The summed E-state index contributed by atoms with van der Waals surface area (Å²) in [6, 6.07) is 6.83. The molecule has 1 aromatic heterocycles. The van der Waals surface area contributed by atoms with Crippen LogP contribution in [-0.4, -0.2) is 36.3 Å². The molecule has 1 aromatic carbocycles. The summed E-state index contributed by atoms with van der Waals surface area (Å²) in [7, 11) is 0. The maximum Gasteiger partial charge on any atom is 0.290 e. The highest BCUT2D eigenvalue weighted by Gasteiger charge is 2.20. The molecular weight excluding hydrogens is 270 g/mol. The molecule has 3 N–H and O–H groups in total. The molecular formula is C15H19N3O3. The number of benzene rings is 1. The second kappa shape index (κ2) is 6.30. The van der Waals surface area contributed by atoms with E-state index in [0.717, 1.165) is 5.39 Å². The second-order valence-electron chi connectivity index (χ2n) is 4.68. The van der Waals surface area contributed by atoms with Gasteiger partial charge in [-0.1, -0.05) is 0 Å². The van der Waals surface area contributed by atoms with Gasteiger partial charge >= 0.3 is 0 Å². The number of fused-ring (bicyclic) bond motifs is 1. The highest BCUT2D eigenvalue weighted by molar-refractivity contribution is 5.98. The molecule has 0 bridgehead atoms. The highest BCUT2D eigenvalue weighted by atomic mass is 16.3. The molecule has 1 heterocycles. The van der Waals surface area contributed by atoms with Crippen LogP contribution in [0.3, 0.4) is 0 Å². The number of nitrogens with one attached hydrogen (secondary N) is 1. The van der Waals surface area contributed by atoms with Crippen LogP contribution in [0.1, 0.15) is 24.4 Å². The summed E-state index contributed by atoms with van der Waals surface area (Å²) in [5.74, 6) is -0.284. The molecule has 2 aromatic rings. The summed E-state index contributed by atoms with van der Waals surface area (Å²) in [4.78, 5) is 25.4. The van der Waals surface area contributed by atoms with Crippen molar-refractivity contribution >= 4 is 28.5 Å². The van der Waals surface area contributed by atoms with Crippen LogP contribution in [0.2, 0.25) is 0 Å². The van der Waals surface area contributed by atoms with Crippen molar-refractivity contribution < 1.29 is 14.0 Å². The molecule has 2 rings (SSSR count). The van der Waals surface area contributed by atoms with E-state index in [2.05, 4.69) is 5.32 Å². The molecule has 0 unspecified atom stereocenters. The Morgan fingerprint density at radius 2 is 2.05 bits per heavy atom. The van der Waals surface area contributed by atoms with Gasteiger partial charge in [0.2, 0.25) is 5.91 Å². The van der Waals surface area contributed by atoms with Crippen LogP contribution in [0.4, 0.5) is 5.69 Å². The Kier molecular flexibility index (Phi) is 4.47. The van der Waals surface area contributed by atoms with E-state index >= 15 is 0 Å². The van der Waals surface area contributed by atoms with Crippen molar-refractivity contribution in [1.82, 2.24) is 10.2 Å². The van der Waals surface area contributed by atoms with E-state index < -0.39 is 0 Å². The SMILES string of the molecule is CCNC(=O)CN(CC)C(=O)c1cc2cc(N)ccc2o1. The number of nitrogen functional groups attached to an aromatic ring is 1. The molecule has 0 spiro atoms. The largest absolute Gasteiger partial charge is 0.451 e. The minimum atomic E-state index is -0.307. The Balaban J connectivity index is 2.20. The number of rotatable bonds is 5. The summed E-state index contributed by atoms with van der Waals surface area (Å²) in [6.45, 7) is 4.63. The van der Waals surface area contributed by atoms with E-state index in [1.54, 1.807) is 24.3 Å². The normalized spacial score (nSPS) is 10.6. The quantitative estimate of drug-likeness (QED) is 0.818. The van der Waals surface area contributed by atoms with Gasteiger partial charge in [0.05, 0.1) is 6.54 Å². The van der Waals surface area contributed by atoms with Crippen molar-refractivity contribution in [3.8, 4) is 0 Å². The van der Waals surface area contributed by atoms with Crippen LogP contribution in [0.25, 0.3) is 11.0 Å². The first kappa shape index (κ1) is 14.9. The molecule has 0 fully saturated rings. The van der Waals surface area contributed by atoms with Crippen LogP contribution in [0.5, 0.6) is 0 Å². The lowest BCUT2D eigenvalue weighted by atomic mass is 10.2. The fourth-order valence-electron chi connectivity index (χ4n) is 2.08. The van der Waals surface area contributed by atoms with Gasteiger partial charge in [0.1, 0.15) is 5.58 Å². The number of nitrogens with zero attached hydrogens (tertiary/aromatic N) is 1. The molecule has 6 nitrogen and oxygen atoms in total. The van der Waals surface area contributed by atoms with Gasteiger partial charge in [0.15, 0.2) is 5.76 Å². The third-order valence-electron chi connectivity index (χ3n) is 3.13. The van der Waals surface area contributed by atoms with Gasteiger partial charge in [-0.2, -0.15) is 0 Å². The molecule has 21 heavy (non-hydrogen) atoms. The van der Waals surface area contributed by atoms with Crippen molar-refractivity contribution in [2.75, 3.05) is 25.4 Å². The first-order chi connectivity index (χ1) is 10.0. The second-order valence-corrected chi connectivity index (χ2v) is 4.68. The van der Waals surface area contributed by atoms with E-state index in [9.17, 15) is 9.59 Å². The lowest BCUT2D eigenvalue weighted by Crippen LogP contribution is -2.40. The number of furan rings is 1. The first-order valence-electron chi connectivity index (χ1n) is 6.90. The minimum Gasteiger partial charge on any atom is -0.451 e. The fourth-order valence-corrected chi connectivity index (χ4v) is 2.08. The van der Waals surface area contributed by atoms with Crippen LogP contribution in [0.15, 0.2) is 28.7 Å². The number of carbonyl (C=O) groups is 2. The number of hydrogen-bond donors (Lipinski definition) is 2. The third kappa shape index (κ3) is 3.34. The van der Waals surface area contributed by atoms with Crippen molar-refractivity contribution in [1.29, 1.82) is 0 Å². The molecule has 0 atom stereocenters. The zero-order chi connectivity index (χ0) is 15.4. The molecule has 0 aliphatic rings. The van der Waals surface area contributed by atoms with Gasteiger partial charge in [-0.25, -0.2) is 0 Å². The van der Waals surface area contributed by atoms with E-state index in [4.69, 9.17) is 10.2 Å². The van der Waals surface area contributed by atoms with Gasteiger partial charge < -0.3 is 20.4 Å². The first-order valence-corrected chi connectivity index (χ1v) is 6.90. The van der Waals surface area contributed by atoms with Crippen LogP contribution < -0.4 is 11.1 Å². The van der Waals surface area contributed by atoms with Gasteiger partial charge in [0.25, 0.3) is 5.91 Å². The monoisotopic (exact) mass is 289 g/mol. The summed E-state index contributed by atoms with van der Waals surface area (Å²) in [6.07, 6.45) is 0. The standard InChI is InChI=1S/C15H19N3O3/c1-3-17-14(19)9-18(4-2)15(20)13-8-10-7-11(16)5-6-12(10)21-13/h5-8H,3-4,9,16H2,1-2H3,(H,17,19). The Bertz CT molecular complexity index is 663. The molecule has 0 saturated heterocycles. The molecule has 6 heteroatoms. The van der Waals surface area contributed by atoms with Crippen LogP contribution >= 0.6 is 0 Å². The number of anilines is 1. The van der Waals surface area contributed by atoms with E-state index in [0.29, 0.717) is 24.4 Å². The maximum absolute atomic E-state index is 12.4. The number of hydrogen-bond acceptors (Lipinski definition) is 4. The smallest absolute Gasteiger partial charge is 0.290 e. The Hall–Kier alpha value is -2.50. The third-order valence-corrected chi connectivity index (χ3v) is 3.13. The molecule has 112 valence electrons. The van der Waals surface area contributed by atoms with Gasteiger partial charge in [-0.05, 0) is 38.1 Å². The van der Waals surface area contributed by atoms with E-state index in [1.165, 1.54) is 4.90 Å². The zero-order valence-electron chi connectivity index (χ0n) is 12.2. The predicted molar refractivity (Wildman–Crippen MR) is 80.9 cm³/mol. The summed E-state index contributed by atoms with van der Waals surface area (Å²) < 4.78 is 5.53. The lowest BCUT2D eigenvalue weighted by molar-refractivity contribution is -0.121. The molecule has 0 radical (unpaired) electrons. The summed E-state index contributed by atoms with van der Waals surface area (Å²) in [5, 5.41) is 3.44. The number of likely N-dealkylation sites (N-methyl/N-ethyl adjacent to an activating group) is 2. The van der Waals surface area contributed by atoms with E-state index in [-0.39, 0.29) is 24.1 Å². The molecule has 0 aliphatic carbocycles. The van der Waals surface area contributed by atoms with Crippen molar-refractivity contribution in [3.63, 3.8) is 0 Å². The zero-order valence-corrected chi connectivity index (χ0v) is 12.2. The fraction of sp³-hybridized carbons (Fsp3) is 0.333. The average Bonchev–Trinajstić information content (AvgIpc) is 2.87. The van der Waals surface area contributed by atoms with Crippen LogP contribution in [-0.2, 0) is 4.79 Å². The minimum absolute atomic E-state index is 0.0162. The summed E-state index contributed by atoms with van der Waals surface area (Å²) >= 11 is 0. The number of nitrogens with two attached hydrogens (primary N) is 1.